The van der Waals surface area contributed by atoms with Gasteiger partial charge in [-0.1, -0.05) is 6.08 Å². The number of hydrogen-bond donors (Lipinski definition) is 2. The van der Waals surface area contributed by atoms with E-state index >= 15 is 0 Å². The highest BCUT2D eigenvalue weighted by atomic mass is 16.2. The van der Waals surface area contributed by atoms with E-state index < -0.39 is 0 Å². The summed E-state index contributed by atoms with van der Waals surface area (Å²) in [5.41, 5.74) is -0.747. The molecule has 2 N–H and O–H groups in total. The molecule has 0 aliphatic rings. The van der Waals surface area contributed by atoms with Gasteiger partial charge in [0.25, 0.3) is 5.56 Å². The van der Waals surface area contributed by atoms with Crippen LogP contribution in [0.2, 0.25) is 0 Å². The third-order valence-corrected chi connectivity index (χ3v) is 1.72. The highest BCUT2D eigenvalue weighted by Crippen LogP contribution is 1.74. The Bertz CT molecular complexity index is 405. The molecular formula is C9H13N3O2. The molecule has 0 bridgehead atoms. The van der Waals surface area contributed by atoms with E-state index in [4.69, 9.17) is 0 Å². The van der Waals surface area contributed by atoms with Crippen LogP contribution < -0.4 is 16.6 Å². The molecule has 1 rings (SSSR count). The molecular weight excluding hydrogens is 182 g/mol. The highest BCUT2D eigenvalue weighted by Gasteiger charge is 1.94. The Morgan fingerprint density at radius 2 is 2.36 bits per heavy atom. The van der Waals surface area contributed by atoms with Gasteiger partial charge in [-0.3, -0.25) is 14.3 Å². The first-order chi connectivity index (χ1) is 6.74. The number of nitrogens with one attached hydrogen (secondary N) is 2. The summed E-state index contributed by atoms with van der Waals surface area (Å²) < 4.78 is 1.44. The molecule has 14 heavy (non-hydrogen) atoms. The van der Waals surface area contributed by atoms with E-state index in [1.54, 1.807) is 6.08 Å². The van der Waals surface area contributed by atoms with Crippen molar-refractivity contribution in [3.05, 3.63) is 45.8 Å². The van der Waals surface area contributed by atoms with Gasteiger partial charge in [0.05, 0.1) is 0 Å². The standard InChI is InChI=1S/C9H13N3O2/c1-2-4-10-5-7-12-6-3-8(13)11-9(12)14/h2-3,6,10H,1,4-5,7H2,(H,11,13,14). The van der Waals surface area contributed by atoms with Gasteiger partial charge in [0, 0.05) is 31.9 Å². The van der Waals surface area contributed by atoms with Gasteiger partial charge in [0.1, 0.15) is 0 Å². The van der Waals surface area contributed by atoms with Crippen LogP contribution in [0, 0.1) is 0 Å². The normalized spacial score (nSPS) is 10.0. The molecule has 0 spiro atoms. The molecule has 0 saturated carbocycles. The van der Waals surface area contributed by atoms with E-state index in [9.17, 15) is 9.59 Å². The summed E-state index contributed by atoms with van der Waals surface area (Å²) in [5.74, 6) is 0. The Balaban J connectivity index is 2.55. The maximum Gasteiger partial charge on any atom is 0.328 e. The summed E-state index contributed by atoms with van der Waals surface area (Å²) in [6.45, 7) is 5.46. The number of aromatic amines is 1. The zero-order valence-corrected chi connectivity index (χ0v) is 7.82. The Morgan fingerprint density at radius 3 is 3.00 bits per heavy atom. The van der Waals surface area contributed by atoms with E-state index in [2.05, 4.69) is 16.9 Å². The van der Waals surface area contributed by atoms with Crippen molar-refractivity contribution in [2.45, 2.75) is 6.54 Å². The van der Waals surface area contributed by atoms with E-state index in [0.29, 0.717) is 19.6 Å². The molecule has 1 heterocycles. The van der Waals surface area contributed by atoms with Crippen molar-refractivity contribution in [2.75, 3.05) is 13.1 Å². The maximum atomic E-state index is 11.2. The Labute approximate surface area is 81.1 Å². The van der Waals surface area contributed by atoms with Crippen molar-refractivity contribution in [1.29, 1.82) is 0 Å². The van der Waals surface area contributed by atoms with Gasteiger partial charge < -0.3 is 5.32 Å². The molecule has 0 unspecified atom stereocenters. The minimum Gasteiger partial charge on any atom is -0.312 e. The first-order valence-electron chi connectivity index (χ1n) is 4.35. The lowest BCUT2D eigenvalue weighted by Crippen LogP contribution is -2.32. The molecule has 1 aromatic heterocycles. The lowest BCUT2D eigenvalue weighted by molar-refractivity contribution is 0.595. The average Bonchev–Trinajstić information content (AvgIpc) is 2.15. The number of hydrogen-bond acceptors (Lipinski definition) is 3. The molecule has 0 fully saturated rings. The SMILES string of the molecule is C=CCNCCn1ccc(=O)[nH]c1=O. The number of rotatable bonds is 5. The summed E-state index contributed by atoms with van der Waals surface area (Å²) in [7, 11) is 0. The van der Waals surface area contributed by atoms with Gasteiger partial charge in [-0.25, -0.2) is 4.79 Å². The van der Waals surface area contributed by atoms with Gasteiger partial charge >= 0.3 is 5.69 Å². The second-order valence-corrected chi connectivity index (χ2v) is 2.80. The Kier molecular flexibility index (Phi) is 3.87. The zero-order valence-electron chi connectivity index (χ0n) is 7.82. The number of H-pyrrole nitrogens is 1. The van der Waals surface area contributed by atoms with Crippen molar-refractivity contribution < 1.29 is 0 Å². The minimum atomic E-state index is -0.377. The van der Waals surface area contributed by atoms with Crippen LogP contribution in [0.3, 0.4) is 0 Å². The quantitative estimate of drug-likeness (QED) is 0.483. The van der Waals surface area contributed by atoms with Crippen LogP contribution in [0.15, 0.2) is 34.5 Å². The summed E-state index contributed by atoms with van der Waals surface area (Å²) in [4.78, 5) is 24.1. The van der Waals surface area contributed by atoms with Crippen LogP contribution in [-0.4, -0.2) is 22.6 Å². The van der Waals surface area contributed by atoms with Crippen molar-refractivity contribution in [3.8, 4) is 0 Å². The second kappa shape index (κ2) is 5.18. The summed E-state index contributed by atoms with van der Waals surface area (Å²) in [5, 5.41) is 3.06. The van der Waals surface area contributed by atoms with Crippen LogP contribution in [-0.2, 0) is 6.54 Å². The Morgan fingerprint density at radius 1 is 1.57 bits per heavy atom. The topological polar surface area (TPSA) is 66.9 Å². The van der Waals surface area contributed by atoms with Crippen molar-refractivity contribution >= 4 is 0 Å². The third-order valence-electron chi connectivity index (χ3n) is 1.72. The lowest BCUT2D eigenvalue weighted by Gasteiger charge is -2.04. The second-order valence-electron chi connectivity index (χ2n) is 2.80. The molecule has 0 amide bonds. The van der Waals surface area contributed by atoms with Crippen LogP contribution in [0.1, 0.15) is 0 Å². The zero-order chi connectivity index (χ0) is 10.4. The van der Waals surface area contributed by atoms with Crippen molar-refractivity contribution in [1.82, 2.24) is 14.9 Å². The highest BCUT2D eigenvalue weighted by molar-refractivity contribution is 4.82. The Hall–Kier alpha value is -1.62. The average molecular weight is 195 g/mol. The maximum absolute atomic E-state index is 11.2. The molecule has 76 valence electrons. The van der Waals surface area contributed by atoms with Crippen LogP contribution >= 0.6 is 0 Å². The van der Waals surface area contributed by atoms with E-state index in [0.717, 1.165) is 0 Å². The smallest absolute Gasteiger partial charge is 0.312 e. The first-order valence-corrected chi connectivity index (χ1v) is 4.35. The minimum absolute atomic E-state index is 0.370. The van der Waals surface area contributed by atoms with Gasteiger partial charge in [0.2, 0.25) is 0 Å². The predicted octanol–water partition coefficient (Wildman–Crippen LogP) is -0.688. The molecule has 0 aliphatic heterocycles. The summed E-state index contributed by atoms with van der Waals surface area (Å²) in [6, 6.07) is 1.33. The summed E-state index contributed by atoms with van der Waals surface area (Å²) in [6.07, 6.45) is 3.23. The molecule has 5 heteroatoms. The fourth-order valence-electron chi connectivity index (χ4n) is 1.02. The fraction of sp³-hybridized carbons (Fsp3) is 0.333. The first kappa shape index (κ1) is 10.5. The molecule has 0 aromatic carbocycles. The third kappa shape index (κ3) is 3.02. The van der Waals surface area contributed by atoms with Crippen molar-refractivity contribution in [2.24, 2.45) is 0 Å². The monoisotopic (exact) mass is 195 g/mol. The lowest BCUT2D eigenvalue weighted by atomic mass is 10.5. The van der Waals surface area contributed by atoms with Crippen LogP contribution in [0.4, 0.5) is 0 Å². The van der Waals surface area contributed by atoms with E-state index in [1.807, 2.05) is 0 Å². The molecule has 5 nitrogen and oxygen atoms in total. The molecule has 0 atom stereocenters. The molecule has 0 radical (unpaired) electrons. The summed E-state index contributed by atoms with van der Waals surface area (Å²) >= 11 is 0. The van der Waals surface area contributed by atoms with Gasteiger partial charge in [-0.2, -0.15) is 0 Å². The van der Waals surface area contributed by atoms with Gasteiger partial charge in [-0.15, -0.1) is 6.58 Å². The largest absolute Gasteiger partial charge is 0.328 e. The van der Waals surface area contributed by atoms with Gasteiger partial charge in [0.15, 0.2) is 0 Å². The molecule has 0 saturated heterocycles. The van der Waals surface area contributed by atoms with Crippen LogP contribution in [0.5, 0.6) is 0 Å². The number of aromatic nitrogens is 2. The van der Waals surface area contributed by atoms with E-state index in [-0.39, 0.29) is 11.2 Å². The van der Waals surface area contributed by atoms with Crippen molar-refractivity contribution in [3.63, 3.8) is 0 Å². The molecule has 1 aromatic rings. The predicted molar refractivity (Wildman–Crippen MR) is 54.4 cm³/mol. The number of nitrogens with zero attached hydrogens (tertiary/aromatic N) is 1. The van der Waals surface area contributed by atoms with Crippen LogP contribution in [0.25, 0.3) is 0 Å². The fourth-order valence-corrected chi connectivity index (χ4v) is 1.02. The van der Waals surface area contributed by atoms with Gasteiger partial charge in [-0.05, 0) is 0 Å². The molecule has 0 aliphatic carbocycles. The van der Waals surface area contributed by atoms with E-state index in [1.165, 1.54) is 16.8 Å².